The molecule has 0 spiro atoms. The number of aromatic nitrogens is 2. The largest absolute Gasteiger partial charge is 0.482 e. The SMILES string of the molecule is O=C(COc1ccccc1Cl)Nc1c(-c2ccc(F)cc2)nc2sccn12. The van der Waals surface area contributed by atoms with Gasteiger partial charge in [-0.25, -0.2) is 9.37 Å². The van der Waals surface area contributed by atoms with Gasteiger partial charge >= 0.3 is 0 Å². The molecule has 1 amide bonds. The van der Waals surface area contributed by atoms with Gasteiger partial charge in [0.2, 0.25) is 0 Å². The molecule has 0 aliphatic heterocycles. The second-order valence-electron chi connectivity index (χ2n) is 5.64. The minimum atomic E-state index is -0.355. The van der Waals surface area contributed by atoms with Gasteiger partial charge in [0.25, 0.3) is 5.91 Å². The zero-order valence-corrected chi connectivity index (χ0v) is 15.4. The van der Waals surface area contributed by atoms with Crippen LogP contribution in [-0.4, -0.2) is 21.9 Å². The number of amides is 1. The fraction of sp³-hybridized carbons (Fsp3) is 0.0526. The number of hydrogen-bond donors (Lipinski definition) is 1. The van der Waals surface area contributed by atoms with E-state index in [-0.39, 0.29) is 18.3 Å². The number of hydrogen-bond acceptors (Lipinski definition) is 4. The lowest BCUT2D eigenvalue weighted by Crippen LogP contribution is -2.21. The molecule has 0 aliphatic rings. The van der Waals surface area contributed by atoms with Crippen LogP contribution in [0.2, 0.25) is 5.02 Å². The summed E-state index contributed by atoms with van der Waals surface area (Å²) < 4.78 is 20.5. The molecule has 0 unspecified atom stereocenters. The lowest BCUT2D eigenvalue weighted by molar-refractivity contribution is -0.118. The molecule has 2 aromatic heterocycles. The standard InChI is InChI=1S/C19H13ClFN3O2S/c20-14-3-1-2-4-15(14)26-11-16(25)22-18-17(12-5-7-13(21)8-6-12)23-19-24(18)9-10-27-19/h1-10H,11H2,(H,22,25). The Labute approximate surface area is 163 Å². The van der Waals surface area contributed by atoms with Crippen LogP contribution < -0.4 is 10.1 Å². The Kier molecular flexibility index (Phi) is 4.79. The summed E-state index contributed by atoms with van der Waals surface area (Å²) in [7, 11) is 0. The molecule has 1 N–H and O–H groups in total. The maximum absolute atomic E-state index is 13.2. The smallest absolute Gasteiger partial charge is 0.263 e. The van der Waals surface area contributed by atoms with E-state index in [1.54, 1.807) is 40.8 Å². The number of anilines is 1. The summed E-state index contributed by atoms with van der Waals surface area (Å²) in [6, 6.07) is 12.9. The summed E-state index contributed by atoms with van der Waals surface area (Å²) in [5.41, 5.74) is 1.27. The van der Waals surface area contributed by atoms with E-state index in [0.29, 0.717) is 27.8 Å². The molecule has 0 aliphatic carbocycles. The molecule has 0 saturated heterocycles. The zero-order chi connectivity index (χ0) is 18.8. The number of halogens is 2. The Bertz CT molecular complexity index is 1110. The normalized spacial score (nSPS) is 10.9. The van der Waals surface area contributed by atoms with E-state index in [2.05, 4.69) is 10.3 Å². The van der Waals surface area contributed by atoms with Gasteiger partial charge in [-0.1, -0.05) is 23.7 Å². The first-order chi connectivity index (χ1) is 13.1. The molecule has 8 heteroatoms. The average Bonchev–Trinajstić information content (AvgIpc) is 3.24. The highest BCUT2D eigenvalue weighted by Gasteiger charge is 2.18. The van der Waals surface area contributed by atoms with Gasteiger partial charge in [0.05, 0.1) is 5.02 Å². The van der Waals surface area contributed by atoms with Gasteiger partial charge in [-0.05, 0) is 36.4 Å². The molecular formula is C19H13ClFN3O2S. The van der Waals surface area contributed by atoms with Crippen molar-refractivity contribution in [1.29, 1.82) is 0 Å². The van der Waals surface area contributed by atoms with Crippen molar-refractivity contribution in [1.82, 2.24) is 9.38 Å². The number of thiazole rings is 1. The number of carbonyl (C=O) groups excluding carboxylic acids is 1. The average molecular weight is 402 g/mol. The number of fused-ring (bicyclic) bond motifs is 1. The zero-order valence-electron chi connectivity index (χ0n) is 13.9. The number of carbonyl (C=O) groups is 1. The molecule has 2 aromatic carbocycles. The number of ether oxygens (including phenoxy) is 1. The molecule has 0 saturated carbocycles. The Morgan fingerprint density at radius 3 is 2.78 bits per heavy atom. The van der Waals surface area contributed by atoms with Crippen molar-refractivity contribution in [2.45, 2.75) is 0 Å². The van der Waals surface area contributed by atoms with Gasteiger partial charge in [0, 0.05) is 17.1 Å². The third kappa shape index (κ3) is 3.65. The molecule has 0 radical (unpaired) electrons. The van der Waals surface area contributed by atoms with Gasteiger partial charge in [-0.15, -0.1) is 11.3 Å². The summed E-state index contributed by atoms with van der Waals surface area (Å²) >= 11 is 7.47. The van der Waals surface area contributed by atoms with Crippen LogP contribution in [0.15, 0.2) is 60.1 Å². The van der Waals surface area contributed by atoms with E-state index < -0.39 is 0 Å². The third-order valence-electron chi connectivity index (χ3n) is 3.83. The predicted molar refractivity (Wildman–Crippen MR) is 104 cm³/mol. The summed E-state index contributed by atoms with van der Waals surface area (Å²) in [6.45, 7) is -0.204. The summed E-state index contributed by atoms with van der Waals surface area (Å²) in [6.07, 6.45) is 1.81. The van der Waals surface area contributed by atoms with Gasteiger partial charge in [0.1, 0.15) is 23.1 Å². The van der Waals surface area contributed by atoms with Crippen molar-refractivity contribution < 1.29 is 13.9 Å². The first-order valence-corrected chi connectivity index (χ1v) is 9.26. The van der Waals surface area contributed by atoms with Crippen molar-refractivity contribution in [3.8, 4) is 17.0 Å². The van der Waals surface area contributed by atoms with Crippen LogP contribution in [0.3, 0.4) is 0 Å². The summed E-state index contributed by atoms with van der Waals surface area (Å²) in [4.78, 5) is 17.7. The van der Waals surface area contributed by atoms with Crippen LogP contribution in [0.5, 0.6) is 5.75 Å². The Balaban J connectivity index is 1.58. The van der Waals surface area contributed by atoms with Gasteiger partial charge in [-0.2, -0.15) is 0 Å². The van der Waals surface area contributed by atoms with E-state index in [9.17, 15) is 9.18 Å². The monoisotopic (exact) mass is 401 g/mol. The number of rotatable bonds is 5. The van der Waals surface area contributed by atoms with Crippen LogP contribution in [0.4, 0.5) is 10.2 Å². The highest BCUT2D eigenvalue weighted by molar-refractivity contribution is 7.15. The minimum Gasteiger partial charge on any atom is -0.482 e. The van der Waals surface area contributed by atoms with E-state index >= 15 is 0 Å². The Hall–Kier alpha value is -2.90. The first-order valence-electron chi connectivity index (χ1n) is 8.00. The molecule has 0 bridgehead atoms. The lowest BCUT2D eigenvalue weighted by Gasteiger charge is -2.09. The summed E-state index contributed by atoms with van der Waals surface area (Å²) in [5.74, 6) is 0.248. The molecular weight excluding hydrogens is 389 g/mol. The van der Waals surface area contributed by atoms with Crippen LogP contribution in [-0.2, 0) is 4.79 Å². The molecule has 136 valence electrons. The van der Waals surface area contributed by atoms with Crippen LogP contribution in [0.1, 0.15) is 0 Å². The van der Waals surface area contributed by atoms with Crippen molar-refractivity contribution in [3.05, 3.63) is 70.9 Å². The van der Waals surface area contributed by atoms with Crippen molar-refractivity contribution in [2.75, 3.05) is 11.9 Å². The fourth-order valence-electron chi connectivity index (χ4n) is 2.59. The van der Waals surface area contributed by atoms with Crippen LogP contribution in [0.25, 0.3) is 16.2 Å². The Morgan fingerprint density at radius 2 is 2.00 bits per heavy atom. The molecule has 5 nitrogen and oxygen atoms in total. The first kappa shape index (κ1) is 17.5. The van der Waals surface area contributed by atoms with Gasteiger partial charge in [-0.3, -0.25) is 9.20 Å². The van der Waals surface area contributed by atoms with E-state index in [4.69, 9.17) is 16.3 Å². The minimum absolute atomic E-state index is 0.204. The van der Waals surface area contributed by atoms with Gasteiger partial charge < -0.3 is 10.1 Å². The second kappa shape index (κ2) is 7.38. The molecule has 27 heavy (non-hydrogen) atoms. The quantitative estimate of drug-likeness (QED) is 0.519. The number of nitrogens with zero attached hydrogens (tertiary/aromatic N) is 2. The predicted octanol–water partition coefficient (Wildman–Crippen LogP) is 4.87. The molecule has 2 heterocycles. The highest BCUT2D eigenvalue weighted by Crippen LogP contribution is 2.31. The fourth-order valence-corrected chi connectivity index (χ4v) is 3.49. The van der Waals surface area contributed by atoms with Crippen molar-refractivity contribution in [3.63, 3.8) is 0 Å². The van der Waals surface area contributed by atoms with Crippen LogP contribution in [0, 0.1) is 5.82 Å². The topological polar surface area (TPSA) is 55.6 Å². The summed E-state index contributed by atoms with van der Waals surface area (Å²) in [5, 5.41) is 5.13. The molecule has 0 atom stereocenters. The van der Waals surface area contributed by atoms with E-state index in [1.807, 2.05) is 11.6 Å². The molecule has 4 rings (SSSR count). The maximum atomic E-state index is 13.2. The van der Waals surface area contributed by atoms with Crippen molar-refractivity contribution in [2.24, 2.45) is 0 Å². The van der Waals surface area contributed by atoms with Crippen LogP contribution >= 0.6 is 22.9 Å². The Morgan fingerprint density at radius 1 is 1.22 bits per heavy atom. The molecule has 0 fully saturated rings. The number of nitrogens with one attached hydrogen (secondary N) is 1. The van der Waals surface area contributed by atoms with E-state index in [1.165, 1.54) is 23.5 Å². The lowest BCUT2D eigenvalue weighted by atomic mass is 10.1. The highest BCUT2D eigenvalue weighted by atomic mass is 35.5. The maximum Gasteiger partial charge on any atom is 0.263 e. The number of benzene rings is 2. The van der Waals surface area contributed by atoms with Gasteiger partial charge in [0.15, 0.2) is 11.6 Å². The third-order valence-corrected chi connectivity index (χ3v) is 4.90. The molecule has 4 aromatic rings. The second-order valence-corrected chi connectivity index (χ2v) is 6.92. The number of imidazole rings is 1. The van der Waals surface area contributed by atoms with E-state index in [0.717, 1.165) is 4.96 Å². The van der Waals surface area contributed by atoms with Crippen molar-refractivity contribution >= 4 is 39.6 Å². The number of para-hydroxylation sites is 1.